The van der Waals surface area contributed by atoms with E-state index in [9.17, 15) is 0 Å². The summed E-state index contributed by atoms with van der Waals surface area (Å²) in [6.07, 6.45) is 10.8. The Kier molecular flexibility index (Phi) is 34.8. The van der Waals surface area contributed by atoms with Crippen molar-refractivity contribution in [3.63, 3.8) is 0 Å². The molecule has 0 aromatic carbocycles. The number of allylic oxidation sites excluding steroid dienone is 5. The third-order valence-electron chi connectivity index (χ3n) is 0.551. The molecule has 0 aliphatic carbocycles. The molecular formula is C10H21P. The molecular weight excluding hydrogens is 151 g/mol. The molecule has 0 amide bonds. The number of hydrogen-bond donors (Lipinski definition) is 0. The van der Waals surface area contributed by atoms with Crippen LogP contribution in [0.25, 0.3) is 0 Å². The number of rotatable bonds is 2. The van der Waals surface area contributed by atoms with Gasteiger partial charge < -0.3 is 0 Å². The Morgan fingerprint density at radius 2 is 1.55 bits per heavy atom. The summed E-state index contributed by atoms with van der Waals surface area (Å²) in [5, 5.41) is 0. The van der Waals surface area contributed by atoms with Crippen LogP contribution in [0.5, 0.6) is 0 Å². The molecule has 0 radical (unpaired) electrons. The van der Waals surface area contributed by atoms with Gasteiger partial charge in [-0.05, 0) is 6.92 Å². The van der Waals surface area contributed by atoms with Gasteiger partial charge >= 0.3 is 0 Å². The molecule has 1 unspecified atom stereocenters. The zero-order chi connectivity index (χ0) is 8.24. The molecule has 0 spiro atoms. The van der Waals surface area contributed by atoms with Gasteiger partial charge in [0.2, 0.25) is 0 Å². The van der Waals surface area contributed by atoms with Crippen molar-refractivity contribution >= 4 is 9.90 Å². The Morgan fingerprint density at radius 3 is 1.82 bits per heavy atom. The van der Waals surface area contributed by atoms with Gasteiger partial charge in [-0.1, -0.05) is 57.2 Å². The smallest absolute Gasteiger partial charge is 0.0467 e. The average molecular weight is 172 g/mol. The molecule has 0 aromatic rings. The maximum absolute atomic E-state index is 3.51. The minimum Gasteiger partial charge on any atom is -0.153 e. The summed E-state index contributed by atoms with van der Waals surface area (Å²) in [4.78, 5) is 0. The SMILES string of the molecule is C=C/C=C/C=C/C.CCC.P. The Balaban J connectivity index is -0.000000140. The second kappa shape index (κ2) is 22.6. The van der Waals surface area contributed by atoms with Crippen molar-refractivity contribution in [2.45, 2.75) is 27.2 Å². The summed E-state index contributed by atoms with van der Waals surface area (Å²) < 4.78 is 0. The standard InChI is InChI=1S/C7H10.C3H8.H3P/c1-3-5-7-6-4-2;1-3-2;/h3-7H,1H2,2H3;3H2,1-2H3;1H3/b6-4+,7-5+;;. The lowest BCUT2D eigenvalue weighted by molar-refractivity contribution is 1.09. The first kappa shape index (κ1) is 16.9. The Morgan fingerprint density at radius 1 is 1.09 bits per heavy atom. The highest BCUT2D eigenvalue weighted by molar-refractivity contribution is 6.92. The second-order valence-electron chi connectivity index (χ2n) is 1.85. The van der Waals surface area contributed by atoms with E-state index in [0.29, 0.717) is 0 Å². The summed E-state index contributed by atoms with van der Waals surface area (Å²) >= 11 is 0. The van der Waals surface area contributed by atoms with Crippen LogP contribution >= 0.6 is 9.90 Å². The van der Waals surface area contributed by atoms with Crippen LogP contribution in [-0.4, -0.2) is 0 Å². The molecule has 0 saturated carbocycles. The predicted octanol–water partition coefficient (Wildman–Crippen LogP) is 3.78. The van der Waals surface area contributed by atoms with E-state index in [1.807, 2.05) is 31.2 Å². The lowest BCUT2D eigenvalue weighted by atomic mass is 10.4. The average Bonchev–Trinajstić information content (AvgIpc) is 1.91. The molecule has 0 aromatic heterocycles. The highest BCUT2D eigenvalue weighted by Gasteiger charge is 1.52. The van der Waals surface area contributed by atoms with E-state index in [-0.39, 0.29) is 9.90 Å². The lowest BCUT2D eigenvalue weighted by Crippen LogP contribution is -1.43. The summed E-state index contributed by atoms with van der Waals surface area (Å²) in [6, 6.07) is 0. The molecule has 0 aliphatic heterocycles. The van der Waals surface area contributed by atoms with Crippen LogP contribution < -0.4 is 0 Å². The van der Waals surface area contributed by atoms with E-state index in [2.05, 4.69) is 20.4 Å². The quantitative estimate of drug-likeness (QED) is 0.439. The topological polar surface area (TPSA) is 0 Å². The summed E-state index contributed by atoms with van der Waals surface area (Å²) in [7, 11) is 0. The second-order valence-corrected chi connectivity index (χ2v) is 1.85. The van der Waals surface area contributed by atoms with E-state index in [4.69, 9.17) is 0 Å². The Hall–Kier alpha value is -0.350. The van der Waals surface area contributed by atoms with Gasteiger partial charge in [-0.15, -0.1) is 0 Å². The fraction of sp³-hybridized carbons (Fsp3) is 0.400. The van der Waals surface area contributed by atoms with Gasteiger partial charge in [0.1, 0.15) is 0 Å². The van der Waals surface area contributed by atoms with Gasteiger partial charge in [-0.2, -0.15) is 9.90 Å². The highest BCUT2D eigenvalue weighted by Crippen LogP contribution is 1.74. The van der Waals surface area contributed by atoms with E-state index in [0.717, 1.165) is 0 Å². The van der Waals surface area contributed by atoms with Crippen LogP contribution in [0, 0.1) is 0 Å². The Labute approximate surface area is 74.7 Å². The molecule has 0 nitrogen and oxygen atoms in total. The van der Waals surface area contributed by atoms with E-state index in [1.165, 1.54) is 6.42 Å². The zero-order valence-electron chi connectivity index (χ0n) is 8.01. The molecule has 11 heavy (non-hydrogen) atoms. The van der Waals surface area contributed by atoms with Crippen molar-refractivity contribution in [1.82, 2.24) is 0 Å². The third-order valence-corrected chi connectivity index (χ3v) is 0.551. The minimum atomic E-state index is 0. The normalized spacial score (nSPS) is 8.64. The van der Waals surface area contributed by atoms with Gasteiger partial charge in [0.15, 0.2) is 0 Å². The summed E-state index contributed by atoms with van der Waals surface area (Å²) in [5.41, 5.74) is 0. The monoisotopic (exact) mass is 172 g/mol. The molecule has 0 fully saturated rings. The van der Waals surface area contributed by atoms with E-state index < -0.39 is 0 Å². The Bertz CT molecular complexity index is 101. The van der Waals surface area contributed by atoms with Crippen molar-refractivity contribution in [2.24, 2.45) is 0 Å². The minimum absolute atomic E-state index is 0. The van der Waals surface area contributed by atoms with E-state index in [1.54, 1.807) is 6.08 Å². The maximum Gasteiger partial charge on any atom is -0.0467 e. The number of hydrogen-bond acceptors (Lipinski definition) is 0. The largest absolute Gasteiger partial charge is 0.153 e. The van der Waals surface area contributed by atoms with Crippen LogP contribution in [0.3, 0.4) is 0 Å². The van der Waals surface area contributed by atoms with Gasteiger partial charge in [-0.3, -0.25) is 0 Å². The molecule has 1 atom stereocenters. The molecule has 0 saturated heterocycles. The van der Waals surface area contributed by atoms with Gasteiger partial charge in [0.05, 0.1) is 0 Å². The van der Waals surface area contributed by atoms with Crippen molar-refractivity contribution in [3.8, 4) is 0 Å². The molecule has 0 rings (SSSR count). The fourth-order valence-electron chi connectivity index (χ4n) is 0.254. The third kappa shape index (κ3) is 42.4. The van der Waals surface area contributed by atoms with Crippen LogP contribution in [0.15, 0.2) is 37.0 Å². The van der Waals surface area contributed by atoms with Gasteiger partial charge in [-0.25, -0.2) is 0 Å². The highest BCUT2D eigenvalue weighted by atomic mass is 31.0. The molecule has 0 N–H and O–H groups in total. The molecule has 0 bridgehead atoms. The molecule has 0 heterocycles. The predicted molar refractivity (Wildman–Crippen MR) is 61.2 cm³/mol. The molecule has 66 valence electrons. The van der Waals surface area contributed by atoms with Crippen molar-refractivity contribution in [3.05, 3.63) is 37.0 Å². The van der Waals surface area contributed by atoms with Crippen molar-refractivity contribution in [2.75, 3.05) is 0 Å². The van der Waals surface area contributed by atoms with Crippen LogP contribution in [0.2, 0.25) is 0 Å². The fourth-order valence-corrected chi connectivity index (χ4v) is 0.254. The van der Waals surface area contributed by atoms with Gasteiger partial charge in [0.25, 0.3) is 0 Å². The van der Waals surface area contributed by atoms with Crippen molar-refractivity contribution < 1.29 is 0 Å². The van der Waals surface area contributed by atoms with Gasteiger partial charge in [0, 0.05) is 0 Å². The van der Waals surface area contributed by atoms with Crippen LogP contribution in [0.4, 0.5) is 0 Å². The lowest BCUT2D eigenvalue weighted by Gasteiger charge is -1.65. The van der Waals surface area contributed by atoms with Crippen molar-refractivity contribution in [1.29, 1.82) is 0 Å². The first-order valence-corrected chi connectivity index (χ1v) is 3.73. The van der Waals surface area contributed by atoms with Crippen LogP contribution in [0.1, 0.15) is 27.2 Å². The zero-order valence-corrected chi connectivity index (χ0v) is 9.42. The summed E-state index contributed by atoms with van der Waals surface area (Å²) in [5.74, 6) is 0. The summed E-state index contributed by atoms with van der Waals surface area (Å²) in [6.45, 7) is 9.74. The first-order chi connectivity index (χ1) is 4.83. The van der Waals surface area contributed by atoms with E-state index >= 15 is 0 Å². The first-order valence-electron chi connectivity index (χ1n) is 3.73. The molecule has 1 heteroatoms. The maximum atomic E-state index is 3.51. The van der Waals surface area contributed by atoms with Crippen LogP contribution in [-0.2, 0) is 0 Å². The molecule has 0 aliphatic rings.